The standard InChI is InChI=1S/C16H16N2O7S/c19-13(17-10-5-6-26(23,24)9-10)8-25-14(20)7-18-15(21)11-3-1-2-4-12(11)16(18)22/h1-4,10H,5-9H2,(H,17,19)/t10-/m1/s1. The fourth-order valence-corrected chi connectivity index (χ4v) is 4.56. The SMILES string of the molecule is O=C(COC(=O)CN1C(=O)c2ccccc2C1=O)N[C@@H]1CCS(=O)(=O)C1. The van der Waals surface area contributed by atoms with Crippen molar-refractivity contribution >= 4 is 33.5 Å². The van der Waals surface area contributed by atoms with E-state index in [0.717, 1.165) is 4.90 Å². The van der Waals surface area contributed by atoms with Gasteiger partial charge in [0.05, 0.1) is 22.6 Å². The Morgan fingerprint density at radius 2 is 1.77 bits per heavy atom. The number of benzene rings is 1. The molecule has 0 unspecified atom stereocenters. The second-order valence-electron chi connectivity index (χ2n) is 6.07. The smallest absolute Gasteiger partial charge is 0.326 e. The minimum absolute atomic E-state index is 0.0114. The molecule has 0 aliphatic carbocycles. The summed E-state index contributed by atoms with van der Waals surface area (Å²) in [5.41, 5.74) is 0.427. The van der Waals surface area contributed by atoms with Gasteiger partial charge in [-0.25, -0.2) is 8.42 Å². The largest absolute Gasteiger partial charge is 0.454 e. The van der Waals surface area contributed by atoms with Crippen molar-refractivity contribution in [1.29, 1.82) is 0 Å². The summed E-state index contributed by atoms with van der Waals surface area (Å²) in [5.74, 6) is -2.86. The van der Waals surface area contributed by atoms with Gasteiger partial charge in [-0.2, -0.15) is 0 Å². The van der Waals surface area contributed by atoms with Gasteiger partial charge in [-0.3, -0.25) is 24.1 Å². The average Bonchev–Trinajstić information content (AvgIpc) is 3.05. The molecule has 0 aromatic heterocycles. The van der Waals surface area contributed by atoms with E-state index in [1.165, 1.54) is 12.1 Å². The fraction of sp³-hybridized carbons (Fsp3) is 0.375. The van der Waals surface area contributed by atoms with Crippen LogP contribution in [0.5, 0.6) is 0 Å². The summed E-state index contributed by atoms with van der Waals surface area (Å²) in [6, 6.07) is 5.70. The van der Waals surface area contributed by atoms with Crippen LogP contribution >= 0.6 is 0 Å². The lowest BCUT2D eigenvalue weighted by Crippen LogP contribution is -2.40. The van der Waals surface area contributed by atoms with Crippen molar-refractivity contribution in [3.05, 3.63) is 35.4 Å². The number of carbonyl (C=O) groups excluding carboxylic acids is 4. The van der Waals surface area contributed by atoms with Gasteiger partial charge >= 0.3 is 5.97 Å². The molecular formula is C16H16N2O7S. The van der Waals surface area contributed by atoms with Crippen molar-refractivity contribution in [2.45, 2.75) is 12.5 Å². The molecule has 138 valence electrons. The van der Waals surface area contributed by atoms with Crippen LogP contribution in [0.2, 0.25) is 0 Å². The van der Waals surface area contributed by atoms with Crippen LogP contribution in [0.4, 0.5) is 0 Å². The fourth-order valence-electron chi connectivity index (χ4n) is 2.88. The quantitative estimate of drug-likeness (QED) is 0.519. The summed E-state index contributed by atoms with van der Waals surface area (Å²) in [6.07, 6.45) is 0.317. The number of rotatable bonds is 5. The molecule has 1 N–H and O–H groups in total. The molecule has 0 spiro atoms. The zero-order chi connectivity index (χ0) is 18.9. The molecule has 26 heavy (non-hydrogen) atoms. The van der Waals surface area contributed by atoms with Crippen molar-refractivity contribution in [3.63, 3.8) is 0 Å². The highest BCUT2D eigenvalue weighted by Gasteiger charge is 2.36. The lowest BCUT2D eigenvalue weighted by atomic mass is 10.1. The number of nitrogens with one attached hydrogen (secondary N) is 1. The third-order valence-electron chi connectivity index (χ3n) is 4.13. The zero-order valence-corrected chi connectivity index (χ0v) is 14.5. The molecule has 9 nitrogen and oxygen atoms in total. The van der Waals surface area contributed by atoms with Crippen LogP contribution < -0.4 is 5.32 Å². The Kier molecular flexibility index (Phi) is 4.77. The molecule has 1 aromatic carbocycles. The van der Waals surface area contributed by atoms with Gasteiger partial charge < -0.3 is 10.1 Å². The number of imide groups is 1. The van der Waals surface area contributed by atoms with Gasteiger partial charge in [-0.1, -0.05) is 12.1 Å². The first-order valence-electron chi connectivity index (χ1n) is 7.87. The Hall–Kier alpha value is -2.75. The molecule has 3 rings (SSSR count). The van der Waals surface area contributed by atoms with Crippen LogP contribution in [0.1, 0.15) is 27.1 Å². The molecule has 1 atom stereocenters. The summed E-state index contributed by atoms with van der Waals surface area (Å²) >= 11 is 0. The van der Waals surface area contributed by atoms with E-state index in [2.05, 4.69) is 5.32 Å². The maximum Gasteiger partial charge on any atom is 0.326 e. The lowest BCUT2D eigenvalue weighted by molar-refractivity contribution is -0.148. The predicted octanol–water partition coefficient (Wildman–Crippen LogP) is -0.871. The third-order valence-corrected chi connectivity index (χ3v) is 5.90. The van der Waals surface area contributed by atoms with Gasteiger partial charge in [0.15, 0.2) is 16.4 Å². The molecular weight excluding hydrogens is 364 g/mol. The second-order valence-corrected chi connectivity index (χ2v) is 8.30. The van der Waals surface area contributed by atoms with E-state index in [1.807, 2.05) is 0 Å². The number of carbonyl (C=O) groups is 4. The minimum atomic E-state index is -3.13. The molecule has 0 radical (unpaired) electrons. The molecule has 0 saturated carbocycles. The maximum absolute atomic E-state index is 12.1. The zero-order valence-electron chi connectivity index (χ0n) is 13.6. The molecule has 1 aromatic rings. The van der Waals surface area contributed by atoms with Gasteiger partial charge in [0.1, 0.15) is 6.54 Å². The molecule has 3 amide bonds. The molecule has 2 aliphatic rings. The van der Waals surface area contributed by atoms with Gasteiger partial charge in [0, 0.05) is 6.04 Å². The number of hydrogen-bond acceptors (Lipinski definition) is 7. The monoisotopic (exact) mass is 380 g/mol. The third kappa shape index (κ3) is 3.74. The van der Waals surface area contributed by atoms with Crippen LogP contribution in [0.15, 0.2) is 24.3 Å². The number of esters is 1. The van der Waals surface area contributed by atoms with Gasteiger partial charge in [-0.15, -0.1) is 0 Å². The summed E-state index contributed by atoms with van der Waals surface area (Å²) in [7, 11) is -3.13. The Bertz CT molecular complexity index is 859. The number of hydrogen-bond donors (Lipinski definition) is 1. The van der Waals surface area contributed by atoms with Crippen LogP contribution in [-0.4, -0.2) is 67.7 Å². The van der Waals surface area contributed by atoms with E-state index in [-0.39, 0.29) is 22.6 Å². The van der Waals surface area contributed by atoms with Gasteiger partial charge in [0.2, 0.25) is 0 Å². The first kappa shape index (κ1) is 18.1. The predicted molar refractivity (Wildman–Crippen MR) is 88.0 cm³/mol. The van der Waals surface area contributed by atoms with Crippen LogP contribution in [0, 0.1) is 0 Å². The summed E-state index contributed by atoms with van der Waals surface area (Å²) in [4.78, 5) is 48.6. The van der Waals surface area contributed by atoms with Crippen molar-refractivity contribution in [1.82, 2.24) is 10.2 Å². The van der Waals surface area contributed by atoms with E-state index in [0.29, 0.717) is 6.42 Å². The van der Waals surface area contributed by atoms with Crippen molar-refractivity contribution in [2.24, 2.45) is 0 Å². The molecule has 2 heterocycles. The van der Waals surface area contributed by atoms with Gasteiger partial charge in [-0.05, 0) is 18.6 Å². The van der Waals surface area contributed by atoms with Crippen LogP contribution in [0.3, 0.4) is 0 Å². The van der Waals surface area contributed by atoms with E-state index in [9.17, 15) is 27.6 Å². The van der Waals surface area contributed by atoms with E-state index >= 15 is 0 Å². The number of ether oxygens (including phenoxy) is 1. The summed E-state index contributed by atoms with van der Waals surface area (Å²) in [6.45, 7) is -1.21. The second kappa shape index (κ2) is 6.87. The maximum atomic E-state index is 12.1. The summed E-state index contributed by atoms with van der Waals surface area (Å²) < 4.78 is 27.4. The highest BCUT2D eigenvalue weighted by Crippen LogP contribution is 2.22. The number of sulfone groups is 1. The topological polar surface area (TPSA) is 127 Å². The van der Waals surface area contributed by atoms with Crippen LogP contribution in [0.25, 0.3) is 0 Å². The first-order chi connectivity index (χ1) is 12.3. The van der Waals surface area contributed by atoms with E-state index in [1.54, 1.807) is 12.1 Å². The Morgan fingerprint density at radius 1 is 1.15 bits per heavy atom. The highest BCUT2D eigenvalue weighted by atomic mass is 32.2. The molecule has 2 aliphatic heterocycles. The van der Waals surface area contributed by atoms with Gasteiger partial charge in [0.25, 0.3) is 17.7 Å². The van der Waals surface area contributed by atoms with E-state index < -0.39 is 52.7 Å². The van der Waals surface area contributed by atoms with Crippen LogP contribution in [-0.2, 0) is 24.2 Å². The molecule has 1 saturated heterocycles. The summed E-state index contributed by atoms with van der Waals surface area (Å²) in [5, 5.41) is 2.47. The molecule has 0 bridgehead atoms. The van der Waals surface area contributed by atoms with Crippen molar-refractivity contribution in [3.8, 4) is 0 Å². The molecule has 10 heteroatoms. The van der Waals surface area contributed by atoms with Crippen molar-refractivity contribution in [2.75, 3.05) is 24.7 Å². The molecule has 1 fully saturated rings. The lowest BCUT2D eigenvalue weighted by Gasteiger charge is -2.14. The number of amides is 3. The average molecular weight is 380 g/mol. The van der Waals surface area contributed by atoms with Crippen molar-refractivity contribution < 1.29 is 32.3 Å². The first-order valence-corrected chi connectivity index (χ1v) is 9.69. The minimum Gasteiger partial charge on any atom is -0.454 e. The number of nitrogens with zero attached hydrogens (tertiary/aromatic N) is 1. The highest BCUT2D eigenvalue weighted by molar-refractivity contribution is 7.91. The van der Waals surface area contributed by atoms with E-state index in [4.69, 9.17) is 4.74 Å². The normalized spacial score (nSPS) is 20.8. The number of fused-ring (bicyclic) bond motifs is 1. The Balaban J connectivity index is 1.48. The Morgan fingerprint density at radius 3 is 2.31 bits per heavy atom. The Labute approximate surface area is 149 Å².